The number of hydrogen-bond donors (Lipinski definition) is 2. The zero-order valence-electron chi connectivity index (χ0n) is 4.07. The second-order valence-electron chi connectivity index (χ2n) is 1.58. The van der Waals surface area contributed by atoms with Crippen molar-refractivity contribution >= 4 is 0 Å². The summed E-state index contributed by atoms with van der Waals surface area (Å²) in [5, 5.41) is 2.92. The van der Waals surface area contributed by atoms with Gasteiger partial charge in [-0.15, -0.1) is 0 Å². The van der Waals surface area contributed by atoms with E-state index in [4.69, 9.17) is 5.73 Å². The summed E-state index contributed by atoms with van der Waals surface area (Å²) in [5.41, 5.74) is 5.29. The Morgan fingerprint density at radius 1 is 1.86 bits per heavy atom. The van der Waals surface area contributed by atoms with Gasteiger partial charge in [-0.25, -0.2) is 0 Å². The molecular weight excluding hydrogens is 88.1 g/mol. The average Bonchev–Trinajstić information content (AvgIpc) is 2.14. The summed E-state index contributed by atoms with van der Waals surface area (Å²) in [6, 6.07) is 3.15. The first-order valence-corrected chi connectivity index (χ1v) is 2.37. The van der Waals surface area contributed by atoms with Crippen LogP contribution < -0.4 is 11.1 Å². The molecule has 0 fully saturated rings. The first-order valence-electron chi connectivity index (χ1n) is 2.37. The fourth-order valence-corrected chi connectivity index (χ4v) is 0.521. The van der Waals surface area contributed by atoms with E-state index >= 15 is 0 Å². The molecule has 0 unspecified atom stereocenters. The van der Waals surface area contributed by atoms with Crippen molar-refractivity contribution in [1.82, 2.24) is 5.32 Å². The lowest BCUT2D eigenvalue weighted by molar-refractivity contribution is 0.645. The van der Waals surface area contributed by atoms with Crippen LogP contribution in [-0.4, -0.2) is 12.6 Å². The highest BCUT2D eigenvalue weighted by molar-refractivity contribution is 5.08. The number of nitrogens with two attached hydrogens (primary N) is 1. The van der Waals surface area contributed by atoms with E-state index in [9.17, 15) is 0 Å². The van der Waals surface area contributed by atoms with Gasteiger partial charge in [-0.05, 0) is 0 Å². The lowest BCUT2D eigenvalue weighted by Gasteiger charge is -2.02. The van der Waals surface area contributed by atoms with Crippen LogP contribution in [0.2, 0.25) is 0 Å². The molecular formula is C5H8N2. The number of nitrogens with one attached hydrogen (secondary N) is 1. The molecule has 1 rings (SSSR count). The smallest absolute Gasteiger partial charge is 0.0572 e. The summed E-state index contributed by atoms with van der Waals surface area (Å²) in [4.78, 5) is 0. The van der Waals surface area contributed by atoms with Gasteiger partial charge in [-0.1, -0.05) is 5.92 Å². The van der Waals surface area contributed by atoms with Gasteiger partial charge in [0.25, 0.3) is 0 Å². The molecule has 1 aliphatic heterocycles. The molecule has 0 radical (unpaired) electrons. The predicted octanol–water partition coefficient (Wildman–Crippen LogP) is -0.732. The molecule has 1 heterocycles. The van der Waals surface area contributed by atoms with Crippen molar-refractivity contribution in [2.75, 3.05) is 6.54 Å². The summed E-state index contributed by atoms with van der Waals surface area (Å²) in [5.74, 6) is 2.88. The Bertz CT molecular complexity index is 99.0. The van der Waals surface area contributed by atoms with Crippen LogP contribution in [0.15, 0.2) is 0 Å². The summed E-state index contributed by atoms with van der Waals surface area (Å²) in [7, 11) is 0. The minimum Gasteiger partial charge on any atom is -0.341 e. The lowest BCUT2D eigenvalue weighted by Crippen LogP contribution is -2.29. The Morgan fingerprint density at radius 3 is 3.00 bits per heavy atom. The van der Waals surface area contributed by atoms with E-state index in [0.717, 1.165) is 6.42 Å². The van der Waals surface area contributed by atoms with E-state index in [-0.39, 0.29) is 0 Å². The lowest BCUT2D eigenvalue weighted by atomic mass is 10.2. The van der Waals surface area contributed by atoms with Gasteiger partial charge in [-0.3, -0.25) is 0 Å². The van der Waals surface area contributed by atoms with Crippen LogP contribution in [0.25, 0.3) is 0 Å². The third-order valence-corrected chi connectivity index (χ3v) is 0.998. The van der Waals surface area contributed by atoms with Crippen molar-refractivity contribution in [3.8, 4) is 12.0 Å². The Labute approximate surface area is 43.1 Å². The van der Waals surface area contributed by atoms with Crippen molar-refractivity contribution in [2.24, 2.45) is 5.73 Å². The van der Waals surface area contributed by atoms with Gasteiger partial charge in [0.1, 0.15) is 0 Å². The van der Waals surface area contributed by atoms with Crippen LogP contribution in [0.4, 0.5) is 0 Å². The molecule has 1 aliphatic rings. The molecule has 3 N–H and O–H groups in total. The van der Waals surface area contributed by atoms with Crippen molar-refractivity contribution in [2.45, 2.75) is 12.5 Å². The topological polar surface area (TPSA) is 38.0 Å². The molecule has 0 saturated heterocycles. The molecule has 0 aromatic carbocycles. The second-order valence-corrected chi connectivity index (χ2v) is 1.58. The highest BCUT2D eigenvalue weighted by Gasteiger charge is 2.03. The van der Waals surface area contributed by atoms with Crippen LogP contribution in [0.1, 0.15) is 6.42 Å². The molecule has 7 heavy (non-hydrogen) atoms. The maximum Gasteiger partial charge on any atom is 0.0572 e. The van der Waals surface area contributed by atoms with Gasteiger partial charge >= 0.3 is 0 Å². The number of rotatable bonds is 1. The monoisotopic (exact) mass is 96.1 g/mol. The molecule has 0 aromatic heterocycles. The molecule has 38 valence electrons. The first-order chi connectivity index (χ1) is 3.43. The molecule has 2 nitrogen and oxygen atoms in total. The van der Waals surface area contributed by atoms with Crippen LogP contribution in [0.3, 0.4) is 0 Å². The Kier molecular flexibility index (Phi) is 1.19. The molecule has 0 spiro atoms. The van der Waals surface area contributed by atoms with Crippen molar-refractivity contribution < 1.29 is 0 Å². The predicted molar refractivity (Wildman–Crippen MR) is 28.4 cm³/mol. The molecule has 0 aliphatic carbocycles. The number of hydrogen-bond acceptors (Lipinski definition) is 2. The minimum absolute atomic E-state index is 0.403. The van der Waals surface area contributed by atoms with Gasteiger partial charge in [-0.2, -0.15) is 0 Å². The quantitative estimate of drug-likeness (QED) is 0.422. The molecule has 1 atom stereocenters. The van der Waals surface area contributed by atoms with E-state index < -0.39 is 0 Å². The van der Waals surface area contributed by atoms with Crippen LogP contribution in [0, 0.1) is 12.0 Å². The molecule has 2 heteroatoms. The first kappa shape index (κ1) is 4.48. The molecule has 0 bridgehead atoms. The Hall–Kier alpha value is -0.680. The standard InChI is InChI=1S/C5H8N2/c6-4-5-2-1-3-7-5/h5,7H,2,4,6H2/t5-/m0/s1. The second kappa shape index (κ2) is 1.85. The third kappa shape index (κ3) is 0.847. The van der Waals surface area contributed by atoms with Crippen molar-refractivity contribution in [1.29, 1.82) is 0 Å². The van der Waals surface area contributed by atoms with E-state index in [2.05, 4.69) is 17.3 Å². The van der Waals surface area contributed by atoms with Gasteiger partial charge in [0, 0.05) is 19.0 Å². The Morgan fingerprint density at radius 2 is 2.71 bits per heavy atom. The van der Waals surface area contributed by atoms with E-state index in [0.29, 0.717) is 12.6 Å². The summed E-state index contributed by atoms with van der Waals surface area (Å²) in [6.07, 6.45) is 0.913. The maximum atomic E-state index is 5.29. The van der Waals surface area contributed by atoms with E-state index in [1.807, 2.05) is 0 Å². The third-order valence-electron chi connectivity index (χ3n) is 0.998. The van der Waals surface area contributed by atoms with Gasteiger partial charge < -0.3 is 11.1 Å². The summed E-state index contributed by atoms with van der Waals surface area (Å²) >= 11 is 0. The zero-order chi connectivity index (χ0) is 5.11. The molecule has 0 saturated carbocycles. The van der Waals surface area contributed by atoms with Crippen LogP contribution in [0.5, 0.6) is 0 Å². The fraction of sp³-hybridized carbons (Fsp3) is 0.600. The largest absolute Gasteiger partial charge is 0.341 e. The normalized spacial score (nSPS) is 25.6. The molecule has 0 aromatic rings. The average molecular weight is 96.1 g/mol. The SMILES string of the molecule is NC[C@@H]1CC#CN1. The van der Waals surface area contributed by atoms with E-state index in [1.54, 1.807) is 0 Å². The van der Waals surface area contributed by atoms with Crippen molar-refractivity contribution in [3.63, 3.8) is 0 Å². The summed E-state index contributed by atoms with van der Waals surface area (Å²) in [6.45, 7) is 0.681. The van der Waals surface area contributed by atoms with Gasteiger partial charge in [0.15, 0.2) is 0 Å². The van der Waals surface area contributed by atoms with E-state index in [1.165, 1.54) is 0 Å². The summed E-state index contributed by atoms with van der Waals surface area (Å²) < 4.78 is 0. The van der Waals surface area contributed by atoms with Crippen molar-refractivity contribution in [3.05, 3.63) is 0 Å². The minimum atomic E-state index is 0.403. The fourth-order valence-electron chi connectivity index (χ4n) is 0.521. The van der Waals surface area contributed by atoms with Gasteiger partial charge in [0.05, 0.1) is 6.04 Å². The maximum absolute atomic E-state index is 5.29. The highest BCUT2D eigenvalue weighted by Crippen LogP contribution is 1.90. The van der Waals surface area contributed by atoms with Crippen LogP contribution >= 0.6 is 0 Å². The zero-order valence-corrected chi connectivity index (χ0v) is 4.07. The Balaban J connectivity index is 2.25. The highest BCUT2D eigenvalue weighted by atomic mass is 14.9. The van der Waals surface area contributed by atoms with Gasteiger partial charge in [0.2, 0.25) is 0 Å². The van der Waals surface area contributed by atoms with Crippen LogP contribution in [-0.2, 0) is 0 Å². The molecule has 0 amide bonds.